The van der Waals surface area contributed by atoms with Gasteiger partial charge in [0.15, 0.2) is 0 Å². The zero-order valence-corrected chi connectivity index (χ0v) is 9.89. The third kappa shape index (κ3) is 2.78. The van der Waals surface area contributed by atoms with Crippen LogP contribution in [-0.2, 0) is 4.74 Å². The summed E-state index contributed by atoms with van der Waals surface area (Å²) < 4.78 is 7.43. The fourth-order valence-electron chi connectivity index (χ4n) is 1.68. The molecular formula is C12H19N3O. The van der Waals surface area contributed by atoms with Crippen LogP contribution in [0.2, 0.25) is 0 Å². The molecular weight excluding hydrogens is 202 g/mol. The molecule has 2 rings (SSSR count). The van der Waals surface area contributed by atoms with E-state index in [1.165, 1.54) is 0 Å². The number of nitrogens with one attached hydrogen (secondary N) is 1. The van der Waals surface area contributed by atoms with Gasteiger partial charge < -0.3 is 10.1 Å². The lowest BCUT2D eigenvalue weighted by molar-refractivity contribution is 0.135. The van der Waals surface area contributed by atoms with Gasteiger partial charge in [-0.15, -0.1) is 0 Å². The van der Waals surface area contributed by atoms with Crippen LogP contribution < -0.4 is 5.32 Å². The van der Waals surface area contributed by atoms with Gasteiger partial charge in [-0.25, -0.2) is 0 Å². The highest BCUT2D eigenvalue weighted by Crippen LogP contribution is 2.13. The minimum absolute atomic E-state index is 0.285. The quantitative estimate of drug-likeness (QED) is 0.849. The van der Waals surface area contributed by atoms with Crippen LogP contribution in [0.1, 0.15) is 32.7 Å². The molecule has 1 aliphatic rings. The second-order valence-corrected chi connectivity index (χ2v) is 4.39. The Morgan fingerprint density at radius 2 is 2.50 bits per heavy atom. The van der Waals surface area contributed by atoms with E-state index >= 15 is 0 Å². The number of ether oxygens (including phenoxy) is 1. The van der Waals surface area contributed by atoms with E-state index in [2.05, 4.69) is 30.3 Å². The average Bonchev–Trinajstić information content (AvgIpc) is 2.76. The summed E-state index contributed by atoms with van der Waals surface area (Å²) in [6.45, 7) is 5.08. The maximum atomic E-state index is 5.48. The van der Waals surface area contributed by atoms with Crippen LogP contribution in [0.15, 0.2) is 24.7 Å². The molecule has 1 N–H and O–H groups in total. The summed E-state index contributed by atoms with van der Waals surface area (Å²) in [5, 5.41) is 7.63. The molecule has 4 heteroatoms. The first kappa shape index (κ1) is 11.0. The molecule has 0 bridgehead atoms. The summed E-state index contributed by atoms with van der Waals surface area (Å²) in [6.07, 6.45) is 10.2. The minimum atomic E-state index is 0.285. The topological polar surface area (TPSA) is 39.1 Å². The molecule has 1 aromatic rings. The molecule has 0 fully saturated rings. The van der Waals surface area contributed by atoms with Crippen molar-refractivity contribution in [3.05, 3.63) is 24.7 Å². The lowest BCUT2D eigenvalue weighted by atomic mass is 10.1. The fraction of sp³-hybridized carbons (Fsp3) is 0.583. The van der Waals surface area contributed by atoms with Crippen molar-refractivity contribution in [1.82, 2.24) is 9.78 Å². The van der Waals surface area contributed by atoms with Gasteiger partial charge in [0.1, 0.15) is 6.10 Å². The van der Waals surface area contributed by atoms with Crippen molar-refractivity contribution in [1.29, 1.82) is 0 Å². The SMILES string of the molecule is CC(C)n1cc(NCC2CCC=CO2)cn1. The van der Waals surface area contributed by atoms with Gasteiger partial charge in [0.05, 0.1) is 24.7 Å². The summed E-state index contributed by atoms with van der Waals surface area (Å²) in [5.41, 5.74) is 1.06. The zero-order chi connectivity index (χ0) is 11.4. The van der Waals surface area contributed by atoms with Gasteiger partial charge in [0.2, 0.25) is 0 Å². The first-order chi connectivity index (χ1) is 7.75. The first-order valence-electron chi connectivity index (χ1n) is 5.84. The molecule has 2 heterocycles. The van der Waals surface area contributed by atoms with E-state index in [1.54, 1.807) is 6.26 Å². The fourth-order valence-corrected chi connectivity index (χ4v) is 1.68. The molecule has 1 aromatic heterocycles. The van der Waals surface area contributed by atoms with E-state index in [0.29, 0.717) is 6.04 Å². The molecule has 0 radical (unpaired) electrons. The second-order valence-electron chi connectivity index (χ2n) is 4.39. The Morgan fingerprint density at radius 3 is 3.12 bits per heavy atom. The minimum Gasteiger partial charge on any atom is -0.497 e. The van der Waals surface area contributed by atoms with Gasteiger partial charge in [0, 0.05) is 12.2 Å². The lowest BCUT2D eigenvalue weighted by Crippen LogP contribution is -2.22. The lowest BCUT2D eigenvalue weighted by Gasteiger charge is -2.19. The number of allylic oxidation sites excluding steroid dienone is 1. The highest BCUT2D eigenvalue weighted by Gasteiger charge is 2.10. The molecule has 0 amide bonds. The highest BCUT2D eigenvalue weighted by atomic mass is 16.5. The first-order valence-corrected chi connectivity index (χ1v) is 5.84. The monoisotopic (exact) mass is 221 g/mol. The Labute approximate surface area is 96.3 Å². The number of hydrogen-bond acceptors (Lipinski definition) is 3. The summed E-state index contributed by atoms with van der Waals surface area (Å²) in [6, 6.07) is 0.407. The van der Waals surface area contributed by atoms with Crippen molar-refractivity contribution in [2.75, 3.05) is 11.9 Å². The van der Waals surface area contributed by atoms with Crippen LogP contribution in [-0.4, -0.2) is 22.4 Å². The Hall–Kier alpha value is -1.45. The van der Waals surface area contributed by atoms with Crippen molar-refractivity contribution in [3.63, 3.8) is 0 Å². The van der Waals surface area contributed by atoms with Gasteiger partial charge in [-0.2, -0.15) is 5.10 Å². The van der Waals surface area contributed by atoms with Crippen molar-refractivity contribution < 1.29 is 4.74 Å². The molecule has 0 spiro atoms. The summed E-state index contributed by atoms with van der Waals surface area (Å²) >= 11 is 0. The van der Waals surface area contributed by atoms with Crippen LogP contribution in [0.25, 0.3) is 0 Å². The van der Waals surface area contributed by atoms with Gasteiger partial charge in [-0.1, -0.05) is 0 Å². The van der Waals surface area contributed by atoms with Crippen LogP contribution in [0.3, 0.4) is 0 Å². The Balaban J connectivity index is 1.82. The smallest absolute Gasteiger partial charge is 0.115 e. The Bertz CT molecular complexity index is 357. The van der Waals surface area contributed by atoms with Crippen molar-refractivity contribution >= 4 is 5.69 Å². The Morgan fingerprint density at radius 1 is 1.62 bits per heavy atom. The zero-order valence-electron chi connectivity index (χ0n) is 9.89. The number of anilines is 1. The van der Waals surface area contributed by atoms with Crippen LogP contribution in [0.4, 0.5) is 5.69 Å². The summed E-state index contributed by atoms with van der Waals surface area (Å²) in [5.74, 6) is 0. The molecule has 4 nitrogen and oxygen atoms in total. The predicted molar refractivity (Wildman–Crippen MR) is 64.3 cm³/mol. The van der Waals surface area contributed by atoms with Crippen molar-refractivity contribution in [3.8, 4) is 0 Å². The van der Waals surface area contributed by atoms with Crippen LogP contribution >= 0.6 is 0 Å². The second kappa shape index (κ2) is 5.05. The van der Waals surface area contributed by atoms with E-state index < -0.39 is 0 Å². The van der Waals surface area contributed by atoms with E-state index in [0.717, 1.165) is 25.1 Å². The van der Waals surface area contributed by atoms with E-state index in [1.807, 2.05) is 17.1 Å². The van der Waals surface area contributed by atoms with Crippen molar-refractivity contribution in [2.45, 2.75) is 38.8 Å². The average molecular weight is 221 g/mol. The van der Waals surface area contributed by atoms with Gasteiger partial charge in [-0.3, -0.25) is 4.68 Å². The molecule has 0 aliphatic carbocycles. The van der Waals surface area contributed by atoms with Gasteiger partial charge in [-0.05, 0) is 32.8 Å². The molecule has 0 saturated carbocycles. The molecule has 1 atom stereocenters. The standard InChI is InChI=1S/C12H19N3O/c1-10(2)15-9-11(7-14-15)13-8-12-5-3-4-6-16-12/h4,6-7,9-10,12-13H,3,5,8H2,1-2H3. The van der Waals surface area contributed by atoms with E-state index in [9.17, 15) is 0 Å². The van der Waals surface area contributed by atoms with E-state index in [-0.39, 0.29) is 6.10 Å². The van der Waals surface area contributed by atoms with Gasteiger partial charge in [0.25, 0.3) is 0 Å². The number of nitrogens with zero attached hydrogens (tertiary/aromatic N) is 2. The van der Waals surface area contributed by atoms with Crippen LogP contribution in [0, 0.1) is 0 Å². The largest absolute Gasteiger partial charge is 0.497 e. The predicted octanol–water partition coefficient (Wildman–Crippen LogP) is 2.57. The van der Waals surface area contributed by atoms with Gasteiger partial charge >= 0.3 is 0 Å². The highest BCUT2D eigenvalue weighted by molar-refractivity contribution is 5.38. The van der Waals surface area contributed by atoms with E-state index in [4.69, 9.17) is 4.74 Å². The van der Waals surface area contributed by atoms with Crippen molar-refractivity contribution in [2.24, 2.45) is 0 Å². The normalized spacial score (nSPS) is 19.8. The van der Waals surface area contributed by atoms with Crippen LogP contribution in [0.5, 0.6) is 0 Å². The maximum Gasteiger partial charge on any atom is 0.115 e. The molecule has 0 saturated heterocycles. The summed E-state index contributed by atoms with van der Waals surface area (Å²) in [7, 11) is 0. The number of aromatic nitrogens is 2. The third-order valence-corrected chi connectivity index (χ3v) is 2.69. The molecule has 0 aromatic carbocycles. The molecule has 16 heavy (non-hydrogen) atoms. The summed E-state index contributed by atoms with van der Waals surface area (Å²) in [4.78, 5) is 0. The molecule has 1 aliphatic heterocycles. The maximum absolute atomic E-state index is 5.48. The number of rotatable bonds is 4. The molecule has 88 valence electrons. The Kier molecular flexibility index (Phi) is 3.49. The molecule has 1 unspecified atom stereocenters. The number of hydrogen-bond donors (Lipinski definition) is 1. The third-order valence-electron chi connectivity index (χ3n) is 2.69.